The van der Waals surface area contributed by atoms with E-state index in [0.29, 0.717) is 0 Å². The molecule has 0 saturated heterocycles. The molecule has 0 fully saturated rings. The number of anilines is 1. The molecule has 1 rings (SSSR count). The molecule has 0 bridgehead atoms. The van der Waals surface area contributed by atoms with Crippen molar-refractivity contribution in [3.63, 3.8) is 0 Å². The summed E-state index contributed by atoms with van der Waals surface area (Å²) in [6.45, 7) is 4.90. The maximum atomic E-state index is 12.4. The molecule has 0 saturated carbocycles. The lowest BCUT2D eigenvalue weighted by Crippen LogP contribution is -2.36. The molecule has 1 amide bonds. The highest BCUT2D eigenvalue weighted by Gasteiger charge is 2.35. The number of carbonyl (C=O) groups excluding carboxylic acids is 1. The summed E-state index contributed by atoms with van der Waals surface area (Å²) in [5.74, 6) is -1.73. The lowest BCUT2D eigenvalue weighted by molar-refractivity contribution is -0.144. The van der Waals surface area contributed by atoms with Gasteiger partial charge in [0.1, 0.15) is 16.6 Å². The van der Waals surface area contributed by atoms with Crippen molar-refractivity contribution >= 4 is 23.5 Å². The molecule has 10 heteroatoms. The van der Waals surface area contributed by atoms with E-state index in [4.69, 9.17) is 16.3 Å². The van der Waals surface area contributed by atoms with Crippen LogP contribution in [0.2, 0.25) is 5.15 Å². The fraction of sp³-hybridized carbons (Fsp3) is 0.500. The molecule has 0 aliphatic rings. The van der Waals surface area contributed by atoms with Gasteiger partial charge in [-0.1, -0.05) is 11.6 Å². The molecule has 0 unspecified atom stereocenters. The molecule has 2 N–H and O–H groups in total. The van der Waals surface area contributed by atoms with E-state index in [1.807, 2.05) is 5.43 Å². The molecule has 1 heterocycles. The predicted molar refractivity (Wildman–Crippen MR) is 65.0 cm³/mol. The minimum atomic E-state index is -4.74. The molecule has 20 heavy (non-hydrogen) atoms. The van der Waals surface area contributed by atoms with Crippen LogP contribution in [0.3, 0.4) is 0 Å². The van der Waals surface area contributed by atoms with Crippen LogP contribution in [0.4, 0.5) is 23.8 Å². The summed E-state index contributed by atoms with van der Waals surface area (Å²) in [5.41, 5.74) is 3.45. The van der Waals surface area contributed by atoms with Crippen LogP contribution in [0.25, 0.3) is 0 Å². The molecular weight excluding hydrogens is 301 g/mol. The summed E-state index contributed by atoms with van der Waals surface area (Å²) in [6.07, 6.45) is -5.62. The number of rotatable bonds is 2. The van der Waals surface area contributed by atoms with Crippen LogP contribution in [0, 0.1) is 0 Å². The minimum absolute atomic E-state index is 0.316. The highest BCUT2D eigenvalue weighted by molar-refractivity contribution is 6.29. The lowest BCUT2D eigenvalue weighted by atomic mass is 10.2. The zero-order chi connectivity index (χ0) is 15.6. The van der Waals surface area contributed by atoms with Gasteiger partial charge in [0.2, 0.25) is 5.82 Å². The Kier molecular flexibility index (Phi) is 4.64. The van der Waals surface area contributed by atoms with Gasteiger partial charge in [0.05, 0.1) is 0 Å². The second-order valence-corrected chi connectivity index (χ2v) is 5.04. The number of amides is 1. The maximum Gasteiger partial charge on any atom is 0.451 e. The van der Waals surface area contributed by atoms with E-state index in [-0.39, 0.29) is 5.82 Å². The van der Waals surface area contributed by atoms with E-state index < -0.39 is 28.8 Å². The van der Waals surface area contributed by atoms with E-state index in [1.54, 1.807) is 20.8 Å². The van der Waals surface area contributed by atoms with Crippen LogP contribution in [-0.2, 0) is 10.9 Å². The van der Waals surface area contributed by atoms with Gasteiger partial charge in [-0.05, 0) is 20.8 Å². The monoisotopic (exact) mass is 312 g/mol. The summed E-state index contributed by atoms with van der Waals surface area (Å²) in [7, 11) is 0. The molecule has 6 nitrogen and oxygen atoms in total. The van der Waals surface area contributed by atoms with Crippen molar-refractivity contribution in [1.82, 2.24) is 15.4 Å². The Bertz CT molecular complexity index is 502. The SMILES string of the molecule is CC(C)(C)OC(=O)NNc1cc(Cl)nc(C(F)(F)F)n1. The third kappa shape index (κ3) is 5.47. The first kappa shape index (κ1) is 16.3. The smallest absolute Gasteiger partial charge is 0.443 e. The molecule has 112 valence electrons. The van der Waals surface area contributed by atoms with Crippen LogP contribution in [0.5, 0.6) is 0 Å². The Morgan fingerprint density at radius 3 is 2.40 bits per heavy atom. The van der Waals surface area contributed by atoms with Crippen molar-refractivity contribution < 1.29 is 22.7 Å². The zero-order valence-corrected chi connectivity index (χ0v) is 11.6. The molecule has 1 aromatic rings. The van der Waals surface area contributed by atoms with Gasteiger partial charge >= 0.3 is 12.3 Å². The summed E-state index contributed by atoms with van der Waals surface area (Å²) in [4.78, 5) is 17.5. The van der Waals surface area contributed by atoms with Gasteiger partial charge in [-0.25, -0.2) is 20.2 Å². The first-order valence-corrected chi connectivity index (χ1v) is 5.72. The lowest BCUT2D eigenvalue weighted by Gasteiger charge is -2.20. The number of hydrogen-bond donors (Lipinski definition) is 2. The predicted octanol–water partition coefficient (Wildman–Crippen LogP) is 3.00. The highest BCUT2D eigenvalue weighted by Crippen LogP contribution is 2.28. The number of nitrogens with zero attached hydrogens (tertiary/aromatic N) is 2. The topological polar surface area (TPSA) is 76.1 Å². The Balaban J connectivity index is 2.74. The number of nitrogens with one attached hydrogen (secondary N) is 2. The zero-order valence-electron chi connectivity index (χ0n) is 10.8. The van der Waals surface area contributed by atoms with Gasteiger partial charge in [-0.3, -0.25) is 5.43 Å². The molecule has 1 aromatic heterocycles. The first-order valence-electron chi connectivity index (χ1n) is 5.34. The van der Waals surface area contributed by atoms with Crippen LogP contribution >= 0.6 is 11.6 Å². The van der Waals surface area contributed by atoms with Gasteiger partial charge in [-0.15, -0.1) is 0 Å². The number of hydrazine groups is 1. The van der Waals surface area contributed by atoms with Gasteiger partial charge in [0.25, 0.3) is 0 Å². The molecule has 0 aliphatic carbocycles. The van der Waals surface area contributed by atoms with E-state index in [2.05, 4.69) is 15.4 Å². The summed E-state index contributed by atoms with van der Waals surface area (Å²) >= 11 is 5.44. The van der Waals surface area contributed by atoms with E-state index in [1.165, 1.54) is 0 Å². The molecule has 0 aromatic carbocycles. The summed E-state index contributed by atoms with van der Waals surface area (Å²) in [5, 5.41) is -0.416. The number of alkyl halides is 3. The molecular formula is C10H12ClF3N4O2. The van der Waals surface area contributed by atoms with Crippen LogP contribution in [0.15, 0.2) is 6.07 Å². The minimum Gasteiger partial charge on any atom is -0.443 e. The number of aromatic nitrogens is 2. The summed E-state index contributed by atoms with van der Waals surface area (Å²) < 4.78 is 42.2. The third-order valence-electron chi connectivity index (χ3n) is 1.64. The molecule has 0 radical (unpaired) electrons. The number of carbonyl (C=O) groups is 1. The number of ether oxygens (including phenoxy) is 1. The molecule has 0 spiro atoms. The van der Waals surface area contributed by atoms with Crippen molar-refractivity contribution in [2.75, 3.05) is 5.43 Å². The Morgan fingerprint density at radius 1 is 1.30 bits per heavy atom. The first-order chi connectivity index (χ1) is 8.97. The van der Waals surface area contributed by atoms with Gasteiger partial charge in [-0.2, -0.15) is 13.2 Å². The standard InChI is InChI=1S/C10H12ClF3N4O2/c1-9(2,3)20-8(19)18-17-6-4-5(11)15-7(16-6)10(12,13)14/h4H,1-3H3,(H,18,19)(H,15,16,17). The van der Waals surface area contributed by atoms with Crippen molar-refractivity contribution in [3.8, 4) is 0 Å². The normalized spacial score (nSPS) is 11.9. The van der Waals surface area contributed by atoms with E-state index in [0.717, 1.165) is 6.07 Å². The second-order valence-electron chi connectivity index (χ2n) is 4.65. The third-order valence-corrected chi connectivity index (χ3v) is 1.83. The van der Waals surface area contributed by atoms with Crippen molar-refractivity contribution in [2.24, 2.45) is 0 Å². The van der Waals surface area contributed by atoms with Crippen LogP contribution in [0.1, 0.15) is 26.6 Å². The summed E-state index contributed by atoms with van der Waals surface area (Å²) in [6, 6.07) is 1.02. The average molecular weight is 313 g/mol. The van der Waals surface area contributed by atoms with Crippen molar-refractivity contribution in [2.45, 2.75) is 32.5 Å². The largest absolute Gasteiger partial charge is 0.451 e. The van der Waals surface area contributed by atoms with Gasteiger partial charge < -0.3 is 4.74 Å². The Morgan fingerprint density at radius 2 is 1.90 bits per heavy atom. The van der Waals surface area contributed by atoms with E-state index >= 15 is 0 Å². The molecule has 0 atom stereocenters. The average Bonchev–Trinajstić information content (AvgIpc) is 2.22. The van der Waals surface area contributed by atoms with Crippen molar-refractivity contribution in [1.29, 1.82) is 0 Å². The Labute approximate surface area is 117 Å². The fourth-order valence-corrected chi connectivity index (χ4v) is 1.21. The highest BCUT2D eigenvalue weighted by atomic mass is 35.5. The van der Waals surface area contributed by atoms with E-state index in [9.17, 15) is 18.0 Å². The van der Waals surface area contributed by atoms with Crippen LogP contribution in [-0.4, -0.2) is 21.7 Å². The maximum absolute atomic E-state index is 12.4. The van der Waals surface area contributed by atoms with Gasteiger partial charge in [0, 0.05) is 6.07 Å². The Hall–Kier alpha value is -1.77. The quantitative estimate of drug-likeness (QED) is 0.648. The second kappa shape index (κ2) is 5.70. The fourth-order valence-electron chi connectivity index (χ4n) is 1.03. The van der Waals surface area contributed by atoms with Crippen LogP contribution < -0.4 is 10.9 Å². The number of halogens is 4. The van der Waals surface area contributed by atoms with Gasteiger partial charge in [0.15, 0.2) is 0 Å². The number of hydrogen-bond acceptors (Lipinski definition) is 5. The molecule has 0 aliphatic heterocycles. The van der Waals surface area contributed by atoms with Crippen molar-refractivity contribution in [3.05, 3.63) is 17.0 Å².